The van der Waals surface area contributed by atoms with E-state index < -0.39 is 0 Å². The lowest BCUT2D eigenvalue weighted by atomic mass is 10.3. The zero-order valence-corrected chi connectivity index (χ0v) is 9.70. The number of nitrogens with zero attached hydrogens (tertiary/aromatic N) is 2. The van der Waals surface area contributed by atoms with Gasteiger partial charge in [-0.05, 0) is 24.3 Å². The lowest BCUT2D eigenvalue weighted by molar-refractivity contribution is 0.397. The highest BCUT2D eigenvalue weighted by atomic mass is 35.5. The Balaban J connectivity index is 2.23. The molecule has 0 radical (unpaired) electrons. The summed E-state index contributed by atoms with van der Waals surface area (Å²) < 4.78 is 17.7. The maximum absolute atomic E-state index is 12.7. The van der Waals surface area contributed by atoms with Gasteiger partial charge in [-0.25, -0.2) is 9.37 Å². The van der Waals surface area contributed by atoms with Gasteiger partial charge >= 0.3 is 0 Å². The van der Waals surface area contributed by atoms with Gasteiger partial charge in [0.15, 0.2) is 0 Å². The van der Waals surface area contributed by atoms with Crippen LogP contribution < -0.4 is 10.1 Å². The van der Waals surface area contributed by atoms with Crippen LogP contribution in [0.3, 0.4) is 0 Å². The summed E-state index contributed by atoms with van der Waals surface area (Å²) in [4.78, 5) is 8.02. The molecule has 1 aromatic carbocycles. The van der Waals surface area contributed by atoms with Gasteiger partial charge in [0.05, 0.1) is 7.11 Å². The van der Waals surface area contributed by atoms with Gasteiger partial charge in [-0.2, -0.15) is 4.98 Å². The molecule has 0 spiro atoms. The van der Waals surface area contributed by atoms with Crippen molar-refractivity contribution in [2.45, 2.75) is 0 Å². The number of halogens is 2. The van der Waals surface area contributed by atoms with Gasteiger partial charge in [-0.15, -0.1) is 0 Å². The Morgan fingerprint density at radius 2 is 1.94 bits per heavy atom. The summed E-state index contributed by atoms with van der Waals surface area (Å²) in [5, 5.41) is 3.16. The zero-order chi connectivity index (χ0) is 12.3. The number of hydrogen-bond acceptors (Lipinski definition) is 4. The first-order valence-electron chi connectivity index (χ1n) is 4.78. The average molecular weight is 254 g/mol. The second kappa shape index (κ2) is 4.97. The second-order valence-electron chi connectivity index (χ2n) is 3.19. The molecule has 0 atom stereocenters. The molecule has 0 aliphatic rings. The van der Waals surface area contributed by atoms with Crippen molar-refractivity contribution >= 4 is 23.2 Å². The van der Waals surface area contributed by atoms with Crippen molar-refractivity contribution in [2.75, 3.05) is 12.4 Å². The van der Waals surface area contributed by atoms with Gasteiger partial charge in [0.2, 0.25) is 11.8 Å². The van der Waals surface area contributed by atoms with Gasteiger partial charge < -0.3 is 10.1 Å². The van der Waals surface area contributed by atoms with Crippen LogP contribution in [0.15, 0.2) is 30.3 Å². The second-order valence-corrected chi connectivity index (χ2v) is 3.58. The fraction of sp³-hybridized carbons (Fsp3) is 0.0909. The van der Waals surface area contributed by atoms with E-state index in [0.717, 1.165) is 0 Å². The Morgan fingerprint density at radius 1 is 1.24 bits per heavy atom. The molecule has 1 aromatic heterocycles. The van der Waals surface area contributed by atoms with Crippen molar-refractivity contribution in [3.8, 4) is 5.88 Å². The van der Waals surface area contributed by atoms with Gasteiger partial charge in [-0.3, -0.25) is 0 Å². The molecule has 0 bridgehead atoms. The quantitative estimate of drug-likeness (QED) is 0.854. The average Bonchev–Trinajstić information content (AvgIpc) is 2.31. The fourth-order valence-corrected chi connectivity index (χ4v) is 1.39. The number of anilines is 2. The number of ether oxygens (including phenoxy) is 1. The molecule has 2 rings (SSSR count). The Kier molecular flexibility index (Phi) is 3.39. The Labute approximate surface area is 102 Å². The summed E-state index contributed by atoms with van der Waals surface area (Å²) in [6.45, 7) is 0. The minimum absolute atomic E-state index is 0.265. The molecule has 1 heterocycles. The van der Waals surface area contributed by atoms with Crippen molar-refractivity contribution in [1.82, 2.24) is 9.97 Å². The van der Waals surface area contributed by atoms with Gasteiger partial charge in [0, 0.05) is 11.8 Å². The molecule has 0 aliphatic heterocycles. The van der Waals surface area contributed by atoms with Crippen LogP contribution in [0, 0.1) is 5.82 Å². The van der Waals surface area contributed by atoms with Gasteiger partial charge in [0.1, 0.15) is 11.0 Å². The molecule has 2 aromatic rings. The zero-order valence-electron chi connectivity index (χ0n) is 8.95. The summed E-state index contributed by atoms with van der Waals surface area (Å²) in [7, 11) is 1.49. The van der Waals surface area contributed by atoms with Gasteiger partial charge in [0.25, 0.3) is 0 Å². The van der Waals surface area contributed by atoms with Crippen LogP contribution in [0.2, 0.25) is 5.15 Å². The van der Waals surface area contributed by atoms with E-state index in [9.17, 15) is 4.39 Å². The van der Waals surface area contributed by atoms with E-state index in [1.165, 1.54) is 25.3 Å². The summed E-state index contributed by atoms with van der Waals surface area (Å²) in [5.74, 6) is 0.343. The first-order chi connectivity index (χ1) is 8.17. The standard InChI is InChI=1S/C11H9ClFN3O/c1-17-10-6-9(12)15-11(16-10)14-8-4-2-7(13)3-5-8/h2-6H,1H3,(H,14,15,16). The molecule has 0 unspecified atom stereocenters. The third-order valence-electron chi connectivity index (χ3n) is 1.98. The molecule has 0 aliphatic carbocycles. The fourth-order valence-electron chi connectivity index (χ4n) is 1.22. The third-order valence-corrected chi connectivity index (χ3v) is 2.17. The number of aromatic nitrogens is 2. The number of rotatable bonds is 3. The van der Waals surface area contributed by atoms with Gasteiger partial charge in [-0.1, -0.05) is 11.6 Å². The van der Waals surface area contributed by atoms with Crippen molar-refractivity contribution in [2.24, 2.45) is 0 Å². The molecule has 0 fully saturated rings. The predicted octanol–water partition coefficient (Wildman–Crippen LogP) is 3.02. The highest BCUT2D eigenvalue weighted by Crippen LogP contribution is 2.19. The Hall–Kier alpha value is -1.88. The van der Waals surface area contributed by atoms with Crippen LogP contribution in [-0.4, -0.2) is 17.1 Å². The topological polar surface area (TPSA) is 47.0 Å². The summed E-state index contributed by atoms with van der Waals surface area (Å²) in [6, 6.07) is 7.32. The molecule has 0 amide bonds. The van der Waals surface area contributed by atoms with Crippen LogP contribution in [-0.2, 0) is 0 Å². The SMILES string of the molecule is COc1cc(Cl)nc(Nc2ccc(F)cc2)n1. The van der Waals surface area contributed by atoms with Crippen LogP contribution in [0.5, 0.6) is 5.88 Å². The minimum atomic E-state index is -0.305. The molecule has 17 heavy (non-hydrogen) atoms. The molecular formula is C11H9ClFN3O. The van der Waals surface area contributed by atoms with Crippen molar-refractivity contribution < 1.29 is 9.13 Å². The van der Waals surface area contributed by atoms with Crippen molar-refractivity contribution in [3.05, 3.63) is 41.3 Å². The molecule has 4 nitrogen and oxygen atoms in total. The predicted molar refractivity (Wildman–Crippen MR) is 63.3 cm³/mol. The Morgan fingerprint density at radius 3 is 2.59 bits per heavy atom. The van der Waals surface area contributed by atoms with E-state index in [2.05, 4.69) is 15.3 Å². The number of nitrogens with one attached hydrogen (secondary N) is 1. The monoisotopic (exact) mass is 253 g/mol. The number of methoxy groups -OCH3 is 1. The summed E-state index contributed by atoms with van der Waals surface area (Å²) >= 11 is 5.79. The van der Waals surface area contributed by atoms with Crippen molar-refractivity contribution in [3.63, 3.8) is 0 Å². The van der Waals surface area contributed by atoms with E-state index in [-0.39, 0.29) is 11.0 Å². The molecule has 0 saturated heterocycles. The molecule has 1 N–H and O–H groups in total. The van der Waals surface area contributed by atoms with Crippen LogP contribution >= 0.6 is 11.6 Å². The van der Waals surface area contributed by atoms with E-state index in [4.69, 9.17) is 16.3 Å². The minimum Gasteiger partial charge on any atom is -0.481 e. The van der Waals surface area contributed by atoms with Crippen molar-refractivity contribution in [1.29, 1.82) is 0 Å². The highest BCUT2D eigenvalue weighted by Gasteiger charge is 2.03. The molecular weight excluding hydrogens is 245 g/mol. The third kappa shape index (κ3) is 3.04. The lowest BCUT2D eigenvalue weighted by Crippen LogP contribution is -1.99. The summed E-state index contributed by atoms with van der Waals surface area (Å²) in [6.07, 6.45) is 0. The van der Waals surface area contributed by atoms with E-state index in [0.29, 0.717) is 17.5 Å². The summed E-state index contributed by atoms with van der Waals surface area (Å²) in [5.41, 5.74) is 0.663. The van der Waals surface area contributed by atoms with Crippen LogP contribution in [0.4, 0.5) is 16.0 Å². The molecule has 0 saturated carbocycles. The van der Waals surface area contributed by atoms with E-state index in [1.54, 1.807) is 12.1 Å². The highest BCUT2D eigenvalue weighted by molar-refractivity contribution is 6.29. The van der Waals surface area contributed by atoms with E-state index >= 15 is 0 Å². The van der Waals surface area contributed by atoms with Crippen LogP contribution in [0.1, 0.15) is 0 Å². The first kappa shape index (κ1) is 11.6. The molecule has 6 heteroatoms. The largest absolute Gasteiger partial charge is 0.481 e. The first-order valence-corrected chi connectivity index (χ1v) is 5.16. The molecule has 88 valence electrons. The number of benzene rings is 1. The van der Waals surface area contributed by atoms with Crippen LogP contribution in [0.25, 0.3) is 0 Å². The maximum Gasteiger partial charge on any atom is 0.231 e. The lowest BCUT2D eigenvalue weighted by Gasteiger charge is -2.06. The Bertz CT molecular complexity index is 519. The van der Waals surface area contributed by atoms with E-state index in [1.807, 2.05) is 0 Å². The smallest absolute Gasteiger partial charge is 0.231 e. The normalized spacial score (nSPS) is 10.1. The maximum atomic E-state index is 12.7. The number of hydrogen-bond donors (Lipinski definition) is 1.